The topological polar surface area (TPSA) is 89.8 Å². The zero-order valence-electron chi connectivity index (χ0n) is 15.5. The molecule has 0 aliphatic heterocycles. The van der Waals surface area contributed by atoms with Crippen molar-refractivity contribution in [2.75, 3.05) is 5.32 Å². The van der Waals surface area contributed by atoms with E-state index in [9.17, 15) is 9.59 Å². The lowest BCUT2D eigenvalue weighted by Crippen LogP contribution is -2.28. The molecule has 4 rings (SSSR count). The Morgan fingerprint density at radius 1 is 1.37 bits per heavy atom. The van der Waals surface area contributed by atoms with Gasteiger partial charge in [0.2, 0.25) is 11.0 Å². The number of anilines is 1. The molecule has 0 fully saturated rings. The van der Waals surface area contributed by atoms with Crippen LogP contribution in [0.1, 0.15) is 48.6 Å². The molecule has 0 saturated carbocycles. The first-order valence-corrected chi connectivity index (χ1v) is 10.7. The first-order valence-electron chi connectivity index (χ1n) is 9.05. The fraction of sp³-hybridized carbons (Fsp3) is 0.500. The van der Waals surface area contributed by atoms with Crippen molar-refractivity contribution < 1.29 is 4.79 Å². The van der Waals surface area contributed by atoms with E-state index < -0.39 is 0 Å². The molecule has 0 bridgehead atoms. The smallest absolute Gasteiger partial charge is 0.262 e. The lowest BCUT2D eigenvalue weighted by Gasteiger charge is -2.17. The molecule has 1 N–H and O–H groups in total. The number of thiophene rings is 1. The van der Waals surface area contributed by atoms with Gasteiger partial charge in [0.15, 0.2) is 0 Å². The van der Waals surface area contributed by atoms with Crippen LogP contribution in [0.4, 0.5) is 5.13 Å². The van der Waals surface area contributed by atoms with E-state index in [-0.39, 0.29) is 23.9 Å². The van der Waals surface area contributed by atoms with E-state index in [0.29, 0.717) is 16.4 Å². The third-order valence-electron chi connectivity index (χ3n) is 4.78. The van der Waals surface area contributed by atoms with E-state index in [1.807, 2.05) is 13.8 Å². The SMILES string of the molecule is CC1CCc2c(sc3ncn(CC(=O)Nc4nnc(C(C)C)s4)c(=O)c23)C1. The van der Waals surface area contributed by atoms with Crippen molar-refractivity contribution in [1.29, 1.82) is 0 Å². The van der Waals surface area contributed by atoms with Crippen LogP contribution in [0.15, 0.2) is 11.1 Å². The predicted octanol–water partition coefficient (Wildman–Crippen LogP) is 3.20. The van der Waals surface area contributed by atoms with Gasteiger partial charge in [-0.2, -0.15) is 0 Å². The maximum absolute atomic E-state index is 12.9. The zero-order valence-corrected chi connectivity index (χ0v) is 17.1. The molecule has 0 radical (unpaired) electrons. The van der Waals surface area contributed by atoms with Gasteiger partial charge in [-0.3, -0.25) is 19.5 Å². The zero-order chi connectivity index (χ0) is 19.1. The number of carbonyl (C=O) groups excluding carboxylic acids is 1. The molecule has 0 spiro atoms. The van der Waals surface area contributed by atoms with Gasteiger partial charge < -0.3 is 0 Å². The summed E-state index contributed by atoms with van der Waals surface area (Å²) >= 11 is 2.96. The Morgan fingerprint density at radius 3 is 2.93 bits per heavy atom. The summed E-state index contributed by atoms with van der Waals surface area (Å²) < 4.78 is 1.38. The highest BCUT2D eigenvalue weighted by molar-refractivity contribution is 7.18. The molecule has 27 heavy (non-hydrogen) atoms. The standard InChI is InChI=1S/C18H21N5O2S2/c1-9(2)15-21-22-18(27-15)20-13(24)7-23-8-19-16-14(17(23)25)11-5-4-10(3)6-12(11)26-16/h8-10H,4-7H2,1-3H3,(H,20,22,24). The van der Waals surface area contributed by atoms with Crippen LogP contribution in [0.5, 0.6) is 0 Å². The minimum atomic E-state index is -0.303. The number of nitrogens with zero attached hydrogens (tertiary/aromatic N) is 4. The summed E-state index contributed by atoms with van der Waals surface area (Å²) in [5.41, 5.74) is 0.994. The van der Waals surface area contributed by atoms with Crippen LogP contribution in [0.2, 0.25) is 0 Å². The van der Waals surface area contributed by atoms with Gasteiger partial charge in [-0.05, 0) is 30.7 Å². The van der Waals surface area contributed by atoms with Gasteiger partial charge in [-0.15, -0.1) is 21.5 Å². The Bertz CT molecular complexity index is 1070. The lowest BCUT2D eigenvalue weighted by molar-refractivity contribution is -0.116. The summed E-state index contributed by atoms with van der Waals surface area (Å²) in [6.45, 7) is 6.20. The molecule has 1 atom stereocenters. The van der Waals surface area contributed by atoms with Crippen molar-refractivity contribution in [3.8, 4) is 0 Å². The van der Waals surface area contributed by atoms with Gasteiger partial charge in [-0.25, -0.2) is 4.98 Å². The molecule has 3 heterocycles. The van der Waals surface area contributed by atoms with Crippen molar-refractivity contribution in [1.82, 2.24) is 19.7 Å². The van der Waals surface area contributed by atoms with Gasteiger partial charge >= 0.3 is 0 Å². The minimum Gasteiger partial charge on any atom is -0.299 e. The number of hydrogen-bond acceptors (Lipinski definition) is 7. The second-order valence-electron chi connectivity index (χ2n) is 7.36. The number of carbonyl (C=O) groups is 1. The fourth-order valence-electron chi connectivity index (χ4n) is 3.31. The molecule has 0 aromatic carbocycles. The van der Waals surface area contributed by atoms with Crippen LogP contribution in [0, 0.1) is 5.92 Å². The Kier molecular flexibility index (Phi) is 4.81. The molecule has 7 nitrogen and oxygen atoms in total. The fourth-order valence-corrected chi connectivity index (χ4v) is 5.41. The summed E-state index contributed by atoms with van der Waals surface area (Å²) in [6, 6.07) is 0. The molecule has 1 unspecified atom stereocenters. The minimum absolute atomic E-state index is 0.0839. The van der Waals surface area contributed by atoms with Crippen molar-refractivity contribution in [3.63, 3.8) is 0 Å². The summed E-state index contributed by atoms with van der Waals surface area (Å²) in [5.74, 6) is 0.596. The highest BCUT2D eigenvalue weighted by atomic mass is 32.1. The number of nitrogens with one attached hydrogen (secondary N) is 1. The van der Waals surface area contributed by atoms with Crippen LogP contribution in [0.25, 0.3) is 10.2 Å². The summed E-state index contributed by atoms with van der Waals surface area (Å²) in [6.07, 6.45) is 4.47. The number of aryl methyl sites for hydroxylation is 1. The van der Waals surface area contributed by atoms with E-state index in [4.69, 9.17) is 0 Å². The molecule has 9 heteroatoms. The summed E-state index contributed by atoms with van der Waals surface area (Å²) in [5, 5.41) is 12.8. The molecule has 1 aliphatic rings. The second-order valence-corrected chi connectivity index (χ2v) is 9.45. The summed E-state index contributed by atoms with van der Waals surface area (Å²) in [4.78, 5) is 31.8. The van der Waals surface area contributed by atoms with E-state index in [1.54, 1.807) is 11.3 Å². The van der Waals surface area contributed by atoms with Crippen LogP contribution < -0.4 is 10.9 Å². The van der Waals surface area contributed by atoms with Crippen molar-refractivity contribution in [2.24, 2.45) is 5.92 Å². The average molecular weight is 404 g/mol. The Balaban J connectivity index is 1.57. The number of amides is 1. The van der Waals surface area contributed by atoms with Crippen LogP contribution in [-0.2, 0) is 24.2 Å². The van der Waals surface area contributed by atoms with Gasteiger partial charge in [0.25, 0.3) is 5.56 Å². The predicted molar refractivity (Wildman–Crippen MR) is 108 cm³/mol. The number of rotatable bonds is 4. The van der Waals surface area contributed by atoms with E-state index >= 15 is 0 Å². The average Bonchev–Trinajstić information content (AvgIpc) is 3.21. The third-order valence-corrected chi connectivity index (χ3v) is 7.08. The third kappa shape index (κ3) is 3.53. The van der Waals surface area contributed by atoms with E-state index in [2.05, 4.69) is 27.4 Å². The molecule has 1 amide bonds. The van der Waals surface area contributed by atoms with Crippen LogP contribution in [0.3, 0.4) is 0 Å². The normalized spacial score (nSPS) is 16.7. The highest BCUT2D eigenvalue weighted by Crippen LogP contribution is 2.35. The Labute approximate surface area is 164 Å². The van der Waals surface area contributed by atoms with Crippen molar-refractivity contribution in [3.05, 3.63) is 32.1 Å². The van der Waals surface area contributed by atoms with Crippen LogP contribution in [-0.4, -0.2) is 25.7 Å². The van der Waals surface area contributed by atoms with Crippen molar-refractivity contribution >= 4 is 43.9 Å². The molecular weight excluding hydrogens is 382 g/mol. The molecule has 142 valence electrons. The largest absolute Gasteiger partial charge is 0.299 e. The second kappa shape index (κ2) is 7.12. The first-order chi connectivity index (χ1) is 12.9. The molecular formula is C18H21N5O2S2. The number of hydrogen-bond donors (Lipinski definition) is 1. The number of aromatic nitrogens is 4. The van der Waals surface area contributed by atoms with Gasteiger partial charge in [0.1, 0.15) is 16.4 Å². The van der Waals surface area contributed by atoms with Crippen LogP contribution >= 0.6 is 22.7 Å². The van der Waals surface area contributed by atoms with Crippen molar-refractivity contribution in [2.45, 2.75) is 52.5 Å². The maximum Gasteiger partial charge on any atom is 0.262 e. The Hall–Kier alpha value is -2.13. The summed E-state index contributed by atoms with van der Waals surface area (Å²) in [7, 11) is 0. The monoisotopic (exact) mass is 403 g/mol. The maximum atomic E-state index is 12.9. The van der Waals surface area contributed by atoms with E-state index in [0.717, 1.165) is 34.7 Å². The molecule has 3 aromatic rings. The molecule has 1 aliphatic carbocycles. The van der Waals surface area contributed by atoms with Gasteiger partial charge in [0.05, 0.1) is 11.7 Å². The molecule has 3 aromatic heterocycles. The Morgan fingerprint density at radius 2 is 2.19 bits per heavy atom. The molecule has 0 saturated heterocycles. The van der Waals surface area contributed by atoms with Gasteiger partial charge in [-0.1, -0.05) is 32.1 Å². The number of fused-ring (bicyclic) bond motifs is 3. The van der Waals surface area contributed by atoms with Gasteiger partial charge in [0, 0.05) is 10.8 Å². The van der Waals surface area contributed by atoms with E-state index in [1.165, 1.54) is 27.1 Å². The highest BCUT2D eigenvalue weighted by Gasteiger charge is 2.23. The lowest BCUT2D eigenvalue weighted by atomic mass is 9.89. The quantitative estimate of drug-likeness (QED) is 0.722. The first kappa shape index (κ1) is 18.2.